The molecule has 0 atom stereocenters. The molecule has 3 aromatic rings. The zero-order valence-corrected chi connectivity index (χ0v) is 14.1. The number of fused-ring (bicyclic) bond motifs is 1. The second-order valence-electron chi connectivity index (χ2n) is 5.90. The second kappa shape index (κ2) is 6.33. The third kappa shape index (κ3) is 2.89. The Morgan fingerprint density at radius 3 is 2.26 bits per heavy atom. The summed E-state index contributed by atoms with van der Waals surface area (Å²) in [6.45, 7) is 4.26. The van der Waals surface area contributed by atoms with Gasteiger partial charge in [-0.25, -0.2) is 0 Å². The molecule has 0 saturated heterocycles. The van der Waals surface area contributed by atoms with Crippen LogP contribution in [-0.2, 0) is 6.42 Å². The minimum atomic E-state index is 0.784. The average molecular weight is 306 g/mol. The summed E-state index contributed by atoms with van der Waals surface area (Å²) in [5, 5.41) is 2.41. The number of hydrogen-bond donors (Lipinski definition) is 0. The molecule has 0 aliphatic carbocycles. The lowest BCUT2D eigenvalue weighted by Gasteiger charge is -2.15. The van der Waals surface area contributed by atoms with E-state index in [0.717, 1.165) is 23.5 Å². The number of hydrogen-bond acceptors (Lipinski definition) is 2. The Hall–Kier alpha value is -2.48. The SMILES string of the molecule is COc1cc2cc(Cc3ccccc3)c(C)cc2c(C)c1OC. The number of methoxy groups -OCH3 is 2. The van der Waals surface area contributed by atoms with Crippen molar-refractivity contribution >= 4 is 10.8 Å². The zero-order valence-electron chi connectivity index (χ0n) is 14.1. The fourth-order valence-electron chi connectivity index (χ4n) is 3.14. The van der Waals surface area contributed by atoms with Gasteiger partial charge in [-0.3, -0.25) is 0 Å². The molecule has 0 bridgehead atoms. The summed E-state index contributed by atoms with van der Waals surface area (Å²) in [6.07, 6.45) is 0.940. The summed E-state index contributed by atoms with van der Waals surface area (Å²) >= 11 is 0. The highest BCUT2D eigenvalue weighted by Crippen LogP contribution is 2.38. The van der Waals surface area contributed by atoms with Gasteiger partial charge in [0.2, 0.25) is 0 Å². The quantitative estimate of drug-likeness (QED) is 0.670. The first kappa shape index (κ1) is 15.4. The van der Waals surface area contributed by atoms with E-state index in [-0.39, 0.29) is 0 Å². The largest absolute Gasteiger partial charge is 0.493 e. The highest BCUT2D eigenvalue weighted by atomic mass is 16.5. The number of benzene rings is 3. The zero-order chi connectivity index (χ0) is 16.4. The molecular formula is C21H22O2. The van der Waals surface area contributed by atoms with Crippen molar-refractivity contribution in [2.24, 2.45) is 0 Å². The first-order valence-corrected chi connectivity index (χ1v) is 7.82. The van der Waals surface area contributed by atoms with Gasteiger partial charge in [0.25, 0.3) is 0 Å². The number of aryl methyl sites for hydroxylation is 2. The van der Waals surface area contributed by atoms with E-state index in [1.54, 1.807) is 14.2 Å². The highest BCUT2D eigenvalue weighted by molar-refractivity contribution is 5.91. The van der Waals surface area contributed by atoms with E-state index in [1.165, 1.54) is 27.5 Å². The van der Waals surface area contributed by atoms with Gasteiger partial charge >= 0.3 is 0 Å². The lowest BCUT2D eigenvalue weighted by atomic mass is 9.94. The Bertz CT molecular complexity index is 836. The molecule has 118 valence electrons. The van der Waals surface area contributed by atoms with Gasteiger partial charge in [0.1, 0.15) is 0 Å². The standard InChI is InChI=1S/C21H22O2/c1-14-10-19-15(2)21(23-4)20(22-3)13-18(19)12-17(14)11-16-8-6-5-7-9-16/h5-10,12-13H,11H2,1-4H3. The van der Waals surface area contributed by atoms with Gasteiger partial charge in [0, 0.05) is 5.56 Å². The first-order chi connectivity index (χ1) is 11.1. The summed E-state index contributed by atoms with van der Waals surface area (Å²) in [7, 11) is 3.37. The van der Waals surface area contributed by atoms with E-state index in [4.69, 9.17) is 9.47 Å². The van der Waals surface area contributed by atoms with E-state index < -0.39 is 0 Å². The summed E-state index contributed by atoms with van der Waals surface area (Å²) in [5.74, 6) is 1.60. The molecule has 23 heavy (non-hydrogen) atoms. The van der Waals surface area contributed by atoms with Crippen LogP contribution in [0.4, 0.5) is 0 Å². The third-order valence-electron chi connectivity index (χ3n) is 4.42. The molecular weight excluding hydrogens is 284 g/mol. The van der Waals surface area contributed by atoms with Crippen LogP contribution in [0.15, 0.2) is 48.5 Å². The van der Waals surface area contributed by atoms with Gasteiger partial charge in [-0.1, -0.05) is 42.5 Å². The average Bonchev–Trinajstić information content (AvgIpc) is 2.57. The highest BCUT2D eigenvalue weighted by Gasteiger charge is 2.13. The predicted octanol–water partition coefficient (Wildman–Crippen LogP) is 5.06. The maximum Gasteiger partial charge on any atom is 0.164 e. The molecule has 0 aliphatic heterocycles. The second-order valence-corrected chi connectivity index (χ2v) is 5.90. The van der Waals surface area contributed by atoms with Gasteiger partial charge in [0.15, 0.2) is 11.5 Å². The van der Waals surface area contributed by atoms with Gasteiger partial charge in [-0.05, 0) is 53.8 Å². The van der Waals surface area contributed by atoms with Crippen molar-refractivity contribution in [1.82, 2.24) is 0 Å². The predicted molar refractivity (Wildman–Crippen MR) is 95.8 cm³/mol. The lowest BCUT2D eigenvalue weighted by molar-refractivity contribution is 0.354. The Labute approximate surface area is 137 Å². The molecule has 0 spiro atoms. The minimum Gasteiger partial charge on any atom is -0.493 e. The minimum absolute atomic E-state index is 0.784. The number of rotatable bonds is 4. The van der Waals surface area contributed by atoms with E-state index >= 15 is 0 Å². The molecule has 0 aliphatic rings. The van der Waals surface area contributed by atoms with Gasteiger partial charge in [-0.2, -0.15) is 0 Å². The molecule has 2 nitrogen and oxygen atoms in total. The molecule has 3 rings (SSSR count). The van der Waals surface area contributed by atoms with Gasteiger partial charge in [-0.15, -0.1) is 0 Å². The van der Waals surface area contributed by atoms with Crippen molar-refractivity contribution in [3.63, 3.8) is 0 Å². The summed E-state index contributed by atoms with van der Waals surface area (Å²) in [6, 6.07) is 17.2. The van der Waals surface area contributed by atoms with Crippen LogP contribution >= 0.6 is 0 Å². The Morgan fingerprint density at radius 1 is 0.870 bits per heavy atom. The van der Waals surface area contributed by atoms with Crippen LogP contribution in [-0.4, -0.2) is 14.2 Å². The smallest absolute Gasteiger partial charge is 0.164 e. The van der Waals surface area contributed by atoms with Crippen LogP contribution in [0.5, 0.6) is 11.5 Å². The van der Waals surface area contributed by atoms with Crippen LogP contribution in [0.2, 0.25) is 0 Å². The number of ether oxygens (including phenoxy) is 2. The Kier molecular flexibility index (Phi) is 4.24. The molecule has 0 radical (unpaired) electrons. The van der Waals surface area contributed by atoms with Crippen molar-refractivity contribution in [2.45, 2.75) is 20.3 Å². The molecule has 0 aromatic heterocycles. The molecule has 0 N–H and O–H groups in total. The van der Waals surface area contributed by atoms with Crippen LogP contribution in [0.1, 0.15) is 22.3 Å². The van der Waals surface area contributed by atoms with Crippen molar-refractivity contribution in [1.29, 1.82) is 0 Å². The maximum atomic E-state index is 5.52. The van der Waals surface area contributed by atoms with Gasteiger partial charge in [0.05, 0.1) is 14.2 Å². The Morgan fingerprint density at radius 2 is 1.61 bits per heavy atom. The summed E-state index contributed by atoms with van der Waals surface area (Å²) in [4.78, 5) is 0. The topological polar surface area (TPSA) is 18.5 Å². The third-order valence-corrected chi connectivity index (χ3v) is 4.42. The molecule has 2 heteroatoms. The van der Waals surface area contributed by atoms with Crippen LogP contribution in [0.25, 0.3) is 10.8 Å². The van der Waals surface area contributed by atoms with Crippen LogP contribution in [0, 0.1) is 13.8 Å². The van der Waals surface area contributed by atoms with Crippen LogP contribution < -0.4 is 9.47 Å². The Balaban J connectivity index is 2.14. The maximum absolute atomic E-state index is 5.52. The molecule has 0 heterocycles. The summed E-state index contributed by atoms with van der Waals surface area (Å²) in [5.41, 5.74) is 5.09. The normalized spacial score (nSPS) is 10.8. The monoisotopic (exact) mass is 306 g/mol. The fourth-order valence-corrected chi connectivity index (χ4v) is 3.14. The van der Waals surface area contributed by atoms with E-state index in [0.29, 0.717) is 0 Å². The van der Waals surface area contributed by atoms with Crippen molar-refractivity contribution < 1.29 is 9.47 Å². The van der Waals surface area contributed by atoms with Crippen LogP contribution in [0.3, 0.4) is 0 Å². The van der Waals surface area contributed by atoms with E-state index in [1.807, 2.05) is 0 Å². The first-order valence-electron chi connectivity index (χ1n) is 7.82. The van der Waals surface area contributed by atoms with Crippen molar-refractivity contribution in [3.05, 3.63) is 70.8 Å². The molecule has 0 unspecified atom stereocenters. The fraction of sp³-hybridized carbons (Fsp3) is 0.238. The molecule has 3 aromatic carbocycles. The molecule has 0 amide bonds. The summed E-state index contributed by atoms with van der Waals surface area (Å²) < 4.78 is 11.0. The van der Waals surface area contributed by atoms with Crippen molar-refractivity contribution in [2.75, 3.05) is 14.2 Å². The molecule has 0 saturated carbocycles. The van der Waals surface area contributed by atoms with E-state index in [2.05, 4.69) is 62.4 Å². The molecule has 0 fully saturated rings. The van der Waals surface area contributed by atoms with Crippen molar-refractivity contribution in [3.8, 4) is 11.5 Å². The lowest BCUT2D eigenvalue weighted by Crippen LogP contribution is -1.97. The van der Waals surface area contributed by atoms with E-state index in [9.17, 15) is 0 Å². The van der Waals surface area contributed by atoms with Gasteiger partial charge < -0.3 is 9.47 Å².